The first-order chi connectivity index (χ1) is 35.2. The maximum Gasteiger partial charge on any atom is 0.350 e. The average molecular weight is 1070 g/mol. The van der Waals surface area contributed by atoms with Gasteiger partial charge >= 0.3 is 35.8 Å². The lowest BCUT2D eigenvalue weighted by Crippen LogP contribution is -2.61. The van der Waals surface area contributed by atoms with E-state index in [1.54, 1.807) is 27.7 Å². The lowest BCUT2D eigenvalue weighted by Gasteiger charge is -2.59. The third-order valence-corrected chi connectivity index (χ3v) is 19.7. The smallest absolute Gasteiger partial charge is 0.350 e. The third kappa shape index (κ3) is 12.8. The Bertz CT molecular complexity index is 2120. The second-order valence-corrected chi connectivity index (χ2v) is 27.8. The van der Waals surface area contributed by atoms with Gasteiger partial charge in [0.15, 0.2) is 24.3 Å². The van der Waals surface area contributed by atoms with Crippen molar-refractivity contribution in [1.82, 2.24) is 0 Å². The summed E-state index contributed by atoms with van der Waals surface area (Å²) in [7, 11) is 0. The van der Waals surface area contributed by atoms with Gasteiger partial charge in [0, 0.05) is 18.3 Å². The van der Waals surface area contributed by atoms with Crippen LogP contribution in [-0.2, 0) is 71.4 Å². The molecule has 13 unspecified atom stereocenters. The van der Waals surface area contributed by atoms with Crippen LogP contribution in [0.5, 0.6) is 0 Å². The van der Waals surface area contributed by atoms with Crippen molar-refractivity contribution >= 4 is 35.8 Å². The van der Waals surface area contributed by atoms with Crippen LogP contribution in [0, 0.1) is 63.6 Å². The van der Waals surface area contributed by atoms with E-state index in [9.17, 15) is 33.9 Å². The van der Waals surface area contributed by atoms with Crippen LogP contribution in [-0.4, -0.2) is 106 Å². The SMILES string of the molecule is CCC(C)(C)C(=O)OC(C)(C)C1CCC(C)CC1.CCC(C)(C)C(=O)OC12CC3CC(CC(O)(C3)C1)C2.CCC(C)(C)C(=O)OC1C(=O)OC2C3OC(C)(C)OC3OC12.CCC(C)C(=O)OC1C2CC3C(=O)OC1C3C2. The van der Waals surface area contributed by atoms with Crippen molar-refractivity contribution in [2.75, 3.05) is 0 Å². The summed E-state index contributed by atoms with van der Waals surface area (Å²) < 4.78 is 50.4. The highest BCUT2D eigenvalue weighted by Crippen LogP contribution is 2.59. The van der Waals surface area contributed by atoms with Crippen molar-refractivity contribution < 1.29 is 76.5 Å². The highest BCUT2D eigenvalue weighted by Gasteiger charge is 2.66. The molecule has 16 nitrogen and oxygen atoms in total. The van der Waals surface area contributed by atoms with E-state index in [0.717, 1.165) is 63.7 Å². The Kier molecular flexibility index (Phi) is 17.7. The molecule has 0 radical (unpaired) electrons. The van der Waals surface area contributed by atoms with Crippen LogP contribution in [0.3, 0.4) is 0 Å². The molecule has 0 spiro atoms. The molecule has 4 heterocycles. The first kappa shape index (κ1) is 60.3. The molecule has 11 rings (SSSR count). The molecular weight excluding hydrogens is 977 g/mol. The Labute approximate surface area is 453 Å². The van der Waals surface area contributed by atoms with Gasteiger partial charge in [-0.3, -0.25) is 24.0 Å². The molecule has 0 aromatic heterocycles. The zero-order chi connectivity index (χ0) is 56.3. The summed E-state index contributed by atoms with van der Waals surface area (Å²) >= 11 is 0. The Morgan fingerprint density at radius 3 is 1.82 bits per heavy atom. The first-order valence-corrected chi connectivity index (χ1v) is 29.2. The number of carbonyl (C=O) groups is 6. The molecule has 4 aliphatic heterocycles. The molecule has 11 fully saturated rings. The van der Waals surface area contributed by atoms with E-state index in [-0.39, 0.29) is 64.5 Å². The second-order valence-electron chi connectivity index (χ2n) is 27.8. The van der Waals surface area contributed by atoms with Gasteiger partial charge in [-0.1, -0.05) is 54.4 Å². The third-order valence-electron chi connectivity index (χ3n) is 19.7. The second kappa shape index (κ2) is 22.3. The minimum absolute atomic E-state index is 0.0476. The molecule has 16 heteroatoms. The van der Waals surface area contributed by atoms with Gasteiger partial charge in [0.2, 0.25) is 6.10 Å². The van der Waals surface area contributed by atoms with Gasteiger partial charge in [0.1, 0.15) is 29.5 Å². The van der Waals surface area contributed by atoms with Crippen molar-refractivity contribution in [2.45, 2.75) is 279 Å². The number of aliphatic hydroxyl groups is 1. The summed E-state index contributed by atoms with van der Waals surface area (Å²) in [5, 5.41) is 10.6. The lowest BCUT2D eigenvalue weighted by atomic mass is 9.52. The zero-order valence-electron chi connectivity index (χ0n) is 49.0. The summed E-state index contributed by atoms with van der Waals surface area (Å²) in [6.07, 6.45) is 11.6. The van der Waals surface area contributed by atoms with Crippen molar-refractivity contribution in [3.63, 3.8) is 0 Å². The van der Waals surface area contributed by atoms with E-state index in [4.69, 9.17) is 42.6 Å². The number of fused-ring (bicyclic) bond motifs is 4. The van der Waals surface area contributed by atoms with Crippen LogP contribution in [0.2, 0.25) is 0 Å². The monoisotopic (exact) mass is 1070 g/mol. The van der Waals surface area contributed by atoms with E-state index >= 15 is 0 Å². The van der Waals surface area contributed by atoms with Crippen LogP contribution in [0.4, 0.5) is 0 Å². The molecule has 11 aliphatic rings. The molecule has 76 heavy (non-hydrogen) atoms. The number of hydrogen-bond donors (Lipinski definition) is 1. The molecule has 13 atom stereocenters. The standard InChI is InChI=1S/C16H26O3.C16H30O2.C15H22O7.C13H18O4/c1-4-14(2,3)13(17)19-16-8-11-5-12(9-16)7-15(18,6-11)10-16;1-7-15(3,4)14(17)18-16(5,6)13-10-8-12(2)9-11-13;1-6-14(2,3)13(17)20-9-7-8(18-11(9)16)10-12(19-7)22-15(4,5)21-10;1-3-6(2)12(14)16-10-7-4-8-9(5-7)13(15)17-11(8)10/h11-12,18H,4-10H2,1-3H3;12-13H,7-11H2,1-6H3;7-10,12H,6H2,1-5H3;6-11H,3-5H2,1-2H3. The Morgan fingerprint density at radius 2 is 1.25 bits per heavy atom. The number of carbonyl (C=O) groups excluding carboxylic acids is 6. The van der Waals surface area contributed by atoms with E-state index in [1.807, 2.05) is 62.3 Å². The number of esters is 6. The van der Waals surface area contributed by atoms with Gasteiger partial charge in [-0.15, -0.1) is 0 Å². The molecule has 432 valence electrons. The van der Waals surface area contributed by atoms with Gasteiger partial charge in [-0.05, 0) is 176 Å². The van der Waals surface area contributed by atoms with Crippen LogP contribution in [0.15, 0.2) is 0 Å². The molecule has 6 bridgehead atoms. The molecule has 1 N–H and O–H groups in total. The minimum Gasteiger partial charge on any atom is -0.459 e. The van der Waals surface area contributed by atoms with Crippen molar-refractivity contribution in [1.29, 1.82) is 0 Å². The highest BCUT2D eigenvalue weighted by atomic mass is 16.9. The number of rotatable bonds is 13. The van der Waals surface area contributed by atoms with Crippen molar-refractivity contribution in [3.8, 4) is 0 Å². The van der Waals surface area contributed by atoms with E-state index in [0.29, 0.717) is 42.4 Å². The van der Waals surface area contributed by atoms with Gasteiger partial charge in [-0.2, -0.15) is 0 Å². The fraction of sp³-hybridized carbons (Fsp3) is 0.900. The van der Waals surface area contributed by atoms with Crippen LogP contribution >= 0.6 is 0 Å². The minimum atomic E-state index is -1.07. The van der Waals surface area contributed by atoms with E-state index < -0.39 is 64.9 Å². The summed E-state index contributed by atoms with van der Waals surface area (Å²) in [6, 6.07) is 0. The van der Waals surface area contributed by atoms with Gasteiger partial charge in [-0.25, -0.2) is 4.79 Å². The maximum absolute atomic E-state index is 12.4. The molecular formula is C60H96O16. The summed E-state index contributed by atoms with van der Waals surface area (Å²) in [5.74, 6) is 0.955. The molecule has 7 saturated carbocycles. The largest absolute Gasteiger partial charge is 0.459 e. The topological polar surface area (TPSA) is 206 Å². The number of hydrogen-bond acceptors (Lipinski definition) is 16. The van der Waals surface area contributed by atoms with E-state index in [1.165, 1.54) is 32.1 Å². The summed E-state index contributed by atoms with van der Waals surface area (Å²) in [5.41, 5.74) is -2.67. The van der Waals surface area contributed by atoms with Gasteiger partial charge in [0.05, 0.1) is 33.7 Å². The Balaban J connectivity index is 0.000000148. The van der Waals surface area contributed by atoms with Gasteiger partial charge in [0.25, 0.3) is 0 Å². The fourth-order valence-electron chi connectivity index (χ4n) is 13.5. The normalized spacial score (nSPS) is 38.4. The maximum atomic E-state index is 12.4. The Morgan fingerprint density at radius 1 is 0.684 bits per heavy atom. The number of ether oxygens (including phenoxy) is 9. The zero-order valence-corrected chi connectivity index (χ0v) is 49.0. The predicted molar refractivity (Wildman–Crippen MR) is 279 cm³/mol. The van der Waals surface area contributed by atoms with Gasteiger partial charge < -0.3 is 47.7 Å². The predicted octanol–water partition coefficient (Wildman–Crippen LogP) is 10.3. The quantitative estimate of drug-likeness (QED) is 0.134. The van der Waals surface area contributed by atoms with Crippen LogP contribution in [0.25, 0.3) is 0 Å². The lowest BCUT2D eigenvalue weighted by molar-refractivity contribution is -0.225. The first-order valence-electron chi connectivity index (χ1n) is 29.2. The van der Waals surface area contributed by atoms with Crippen molar-refractivity contribution in [2.24, 2.45) is 63.6 Å². The molecule has 0 amide bonds. The van der Waals surface area contributed by atoms with Crippen LogP contribution in [0.1, 0.15) is 214 Å². The highest BCUT2D eigenvalue weighted by molar-refractivity contribution is 5.84. The molecule has 0 aromatic carbocycles. The molecule has 4 saturated heterocycles. The average Bonchev–Trinajstić information content (AvgIpc) is 4.16. The summed E-state index contributed by atoms with van der Waals surface area (Å²) in [4.78, 5) is 72.1. The van der Waals surface area contributed by atoms with Crippen LogP contribution < -0.4 is 0 Å². The fourth-order valence-corrected chi connectivity index (χ4v) is 13.5. The summed E-state index contributed by atoms with van der Waals surface area (Å²) in [6.45, 7) is 31.2. The van der Waals surface area contributed by atoms with E-state index in [2.05, 4.69) is 20.8 Å². The molecule has 0 aromatic rings. The Hall–Kier alpha value is -3.34. The van der Waals surface area contributed by atoms with Crippen molar-refractivity contribution in [3.05, 3.63) is 0 Å². The molecule has 7 aliphatic carbocycles.